The zero-order valence-corrected chi connectivity index (χ0v) is 16.2. The number of aromatic nitrogens is 2. The zero-order valence-electron chi connectivity index (χ0n) is 14.6. The third kappa shape index (κ3) is 4.21. The number of thiophene rings is 1. The lowest BCUT2D eigenvalue weighted by Crippen LogP contribution is -2.38. The molecule has 0 bridgehead atoms. The minimum absolute atomic E-state index is 0. The van der Waals surface area contributed by atoms with Crippen molar-refractivity contribution >= 4 is 39.9 Å². The Morgan fingerprint density at radius 3 is 2.72 bits per heavy atom. The third-order valence-electron chi connectivity index (χ3n) is 3.89. The SMILES string of the molecule is CCN[C@H](C)CNC(=O)c1cc2c(C)nn(-c3ccccc3)c2s1.Cl. The lowest BCUT2D eigenvalue weighted by Gasteiger charge is -2.12. The zero-order chi connectivity index (χ0) is 17.1. The molecular weight excluding hydrogens is 356 g/mol. The summed E-state index contributed by atoms with van der Waals surface area (Å²) in [7, 11) is 0. The molecule has 1 atom stereocenters. The van der Waals surface area contributed by atoms with Crippen molar-refractivity contribution in [2.24, 2.45) is 0 Å². The van der Waals surface area contributed by atoms with E-state index in [1.807, 2.05) is 48.0 Å². The molecule has 7 heteroatoms. The molecule has 3 rings (SSSR count). The highest BCUT2D eigenvalue weighted by molar-refractivity contribution is 7.20. The van der Waals surface area contributed by atoms with E-state index in [-0.39, 0.29) is 24.4 Å². The summed E-state index contributed by atoms with van der Waals surface area (Å²) in [6.07, 6.45) is 0. The van der Waals surface area contributed by atoms with E-state index in [0.29, 0.717) is 6.54 Å². The van der Waals surface area contributed by atoms with Crippen LogP contribution in [0.5, 0.6) is 0 Å². The van der Waals surface area contributed by atoms with Crippen LogP contribution in [0.2, 0.25) is 0 Å². The number of rotatable bonds is 6. The summed E-state index contributed by atoms with van der Waals surface area (Å²) < 4.78 is 1.91. The Morgan fingerprint density at radius 1 is 1.32 bits per heavy atom. The Kier molecular flexibility index (Phi) is 6.58. The van der Waals surface area contributed by atoms with E-state index in [4.69, 9.17) is 0 Å². The number of fused-ring (bicyclic) bond motifs is 1. The number of para-hydroxylation sites is 1. The van der Waals surface area contributed by atoms with Crippen molar-refractivity contribution in [2.45, 2.75) is 26.8 Å². The second-order valence-corrected chi connectivity index (χ2v) is 6.86. The van der Waals surface area contributed by atoms with Crippen molar-refractivity contribution in [2.75, 3.05) is 13.1 Å². The number of likely N-dealkylation sites (N-methyl/N-ethyl adjacent to an activating group) is 1. The Labute approximate surface area is 157 Å². The first-order chi connectivity index (χ1) is 11.6. The van der Waals surface area contributed by atoms with Gasteiger partial charge in [-0.25, -0.2) is 4.68 Å². The monoisotopic (exact) mass is 378 g/mol. The van der Waals surface area contributed by atoms with E-state index < -0.39 is 0 Å². The largest absolute Gasteiger partial charge is 0.350 e. The second kappa shape index (κ2) is 8.47. The predicted molar refractivity (Wildman–Crippen MR) is 106 cm³/mol. The molecule has 25 heavy (non-hydrogen) atoms. The van der Waals surface area contributed by atoms with Gasteiger partial charge in [-0.3, -0.25) is 4.79 Å². The highest BCUT2D eigenvalue weighted by atomic mass is 35.5. The first-order valence-corrected chi connectivity index (χ1v) is 8.98. The van der Waals surface area contributed by atoms with Gasteiger partial charge in [-0.2, -0.15) is 5.10 Å². The summed E-state index contributed by atoms with van der Waals surface area (Å²) in [5, 5.41) is 11.9. The average molecular weight is 379 g/mol. The van der Waals surface area contributed by atoms with Gasteiger partial charge < -0.3 is 10.6 Å². The normalized spacial score (nSPS) is 12.0. The summed E-state index contributed by atoms with van der Waals surface area (Å²) in [6, 6.07) is 12.2. The van der Waals surface area contributed by atoms with Crippen LogP contribution in [-0.2, 0) is 0 Å². The van der Waals surface area contributed by atoms with Gasteiger partial charge in [0.05, 0.1) is 16.3 Å². The summed E-state index contributed by atoms with van der Waals surface area (Å²) in [4.78, 5) is 14.1. The molecule has 134 valence electrons. The van der Waals surface area contributed by atoms with Gasteiger partial charge in [0, 0.05) is 18.0 Å². The van der Waals surface area contributed by atoms with E-state index in [1.54, 1.807) is 0 Å². The fraction of sp³-hybridized carbons (Fsp3) is 0.333. The van der Waals surface area contributed by atoms with Crippen molar-refractivity contribution in [3.63, 3.8) is 0 Å². The molecule has 1 aromatic carbocycles. The minimum atomic E-state index is -0.0278. The highest BCUT2D eigenvalue weighted by Crippen LogP contribution is 2.30. The van der Waals surface area contributed by atoms with E-state index in [9.17, 15) is 4.79 Å². The quantitative estimate of drug-likeness (QED) is 0.689. The first-order valence-electron chi connectivity index (χ1n) is 8.16. The van der Waals surface area contributed by atoms with Crippen LogP contribution in [0.4, 0.5) is 0 Å². The lowest BCUT2D eigenvalue weighted by atomic mass is 10.3. The number of halogens is 1. The Bertz CT molecular complexity index is 844. The maximum Gasteiger partial charge on any atom is 0.261 e. The number of amides is 1. The smallest absolute Gasteiger partial charge is 0.261 e. The molecule has 0 aliphatic carbocycles. The Hall–Kier alpha value is -1.89. The number of nitrogens with one attached hydrogen (secondary N) is 2. The van der Waals surface area contributed by atoms with E-state index in [2.05, 4.69) is 29.6 Å². The molecule has 2 aromatic heterocycles. The lowest BCUT2D eigenvalue weighted by molar-refractivity contribution is 0.0954. The maximum absolute atomic E-state index is 12.4. The van der Waals surface area contributed by atoms with Crippen LogP contribution in [0, 0.1) is 6.92 Å². The number of nitrogens with zero attached hydrogens (tertiary/aromatic N) is 2. The summed E-state index contributed by atoms with van der Waals surface area (Å²) in [6.45, 7) is 7.61. The molecule has 0 fully saturated rings. The van der Waals surface area contributed by atoms with Crippen molar-refractivity contribution < 1.29 is 4.79 Å². The number of carbonyl (C=O) groups excluding carboxylic acids is 1. The van der Waals surface area contributed by atoms with E-state index in [1.165, 1.54) is 11.3 Å². The number of aryl methyl sites for hydroxylation is 1. The molecule has 1 amide bonds. The number of hydrogen-bond acceptors (Lipinski definition) is 4. The Balaban J connectivity index is 0.00000225. The standard InChI is InChI=1S/C18H22N4OS.ClH/c1-4-19-12(2)11-20-17(23)16-10-15-13(3)21-22(18(15)24-16)14-8-6-5-7-9-14;/h5-10,12,19H,4,11H2,1-3H3,(H,20,23);1H/t12-;/m1./s1. The summed E-state index contributed by atoms with van der Waals surface area (Å²) >= 11 is 1.48. The molecule has 0 saturated heterocycles. The van der Waals surface area contributed by atoms with Crippen LogP contribution in [0.1, 0.15) is 29.2 Å². The number of carbonyl (C=O) groups is 1. The molecule has 0 aliphatic heterocycles. The predicted octanol–water partition coefficient (Wildman–Crippen LogP) is 3.55. The van der Waals surface area contributed by atoms with Gasteiger partial charge >= 0.3 is 0 Å². The van der Waals surface area contributed by atoms with Gasteiger partial charge in [0.15, 0.2) is 0 Å². The molecule has 0 radical (unpaired) electrons. The van der Waals surface area contributed by atoms with Crippen LogP contribution < -0.4 is 10.6 Å². The number of benzene rings is 1. The molecule has 0 aliphatic rings. The maximum atomic E-state index is 12.4. The van der Waals surface area contributed by atoms with Gasteiger partial charge in [-0.1, -0.05) is 25.1 Å². The summed E-state index contributed by atoms with van der Waals surface area (Å²) in [5.74, 6) is -0.0278. The first kappa shape index (κ1) is 19.4. The van der Waals surface area contributed by atoms with Crippen molar-refractivity contribution in [1.29, 1.82) is 0 Å². The molecular formula is C18H23ClN4OS. The molecule has 0 saturated carbocycles. The van der Waals surface area contributed by atoms with Crippen molar-refractivity contribution in [3.8, 4) is 5.69 Å². The van der Waals surface area contributed by atoms with E-state index >= 15 is 0 Å². The minimum Gasteiger partial charge on any atom is -0.350 e. The van der Waals surface area contributed by atoms with Gasteiger partial charge in [-0.15, -0.1) is 23.7 Å². The van der Waals surface area contributed by atoms with Crippen molar-refractivity contribution in [3.05, 3.63) is 47.0 Å². The van der Waals surface area contributed by atoms with Gasteiger partial charge in [0.1, 0.15) is 4.83 Å². The van der Waals surface area contributed by atoms with Gasteiger partial charge in [0.25, 0.3) is 5.91 Å². The molecule has 3 aromatic rings. The number of hydrogen-bond donors (Lipinski definition) is 2. The second-order valence-electron chi connectivity index (χ2n) is 5.83. The fourth-order valence-corrected chi connectivity index (χ4v) is 3.76. The van der Waals surface area contributed by atoms with Crippen LogP contribution in [0.25, 0.3) is 15.9 Å². The van der Waals surface area contributed by atoms with Crippen LogP contribution in [0.3, 0.4) is 0 Å². The molecule has 2 N–H and O–H groups in total. The molecule has 2 heterocycles. The molecule has 0 spiro atoms. The molecule has 0 unspecified atom stereocenters. The summed E-state index contributed by atoms with van der Waals surface area (Å²) in [5.41, 5.74) is 1.94. The highest BCUT2D eigenvalue weighted by Gasteiger charge is 2.17. The third-order valence-corrected chi connectivity index (χ3v) is 5.00. The Morgan fingerprint density at radius 2 is 2.04 bits per heavy atom. The average Bonchev–Trinajstić information content (AvgIpc) is 3.15. The van der Waals surface area contributed by atoms with Crippen LogP contribution in [-0.4, -0.2) is 34.8 Å². The van der Waals surface area contributed by atoms with Crippen molar-refractivity contribution in [1.82, 2.24) is 20.4 Å². The van der Waals surface area contributed by atoms with Crippen LogP contribution >= 0.6 is 23.7 Å². The molecule has 5 nitrogen and oxygen atoms in total. The fourth-order valence-electron chi connectivity index (χ4n) is 2.66. The topological polar surface area (TPSA) is 58.9 Å². The van der Waals surface area contributed by atoms with Gasteiger partial charge in [-0.05, 0) is 38.6 Å². The van der Waals surface area contributed by atoms with Crippen LogP contribution in [0.15, 0.2) is 36.4 Å². The van der Waals surface area contributed by atoms with Gasteiger partial charge in [0.2, 0.25) is 0 Å². The van der Waals surface area contributed by atoms with E-state index in [0.717, 1.165) is 33.0 Å².